The quantitative estimate of drug-likeness (QED) is 0.331. The van der Waals surface area contributed by atoms with E-state index in [-0.39, 0.29) is 22.9 Å². The zero-order chi connectivity index (χ0) is 14.5. The van der Waals surface area contributed by atoms with Crippen LogP contribution in [0.25, 0.3) is 0 Å². The maximum absolute atomic E-state index is 9.66. The Morgan fingerprint density at radius 1 is 0.700 bits per heavy atom. The molecule has 4 heteroatoms. The fourth-order valence-corrected chi connectivity index (χ4v) is 1.52. The summed E-state index contributed by atoms with van der Waals surface area (Å²) in [4.78, 5) is 0. The summed E-state index contributed by atoms with van der Waals surface area (Å²) >= 11 is 0. The number of para-hydroxylation sites is 2. The molecule has 0 aliphatic rings. The Kier molecular flexibility index (Phi) is 3.70. The van der Waals surface area contributed by atoms with Crippen molar-refractivity contribution in [3.63, 3.8) is 0 Å². The molecule has 0 bridgehead atoms. The van der Waals surface area contributed by atoms with Gasteiger partial charge in [-0.2, -0.15) is 0 Å². The highest BCUT2D eigenvalue weighted by atomic mass is 16.3. The smallest absolute Gasteiger partial charge is 0.154 e. The highest BCUT2D eigenvalue weighted by molar-refractivity contribution is 5.63. The van der Waals surface area contributed by atoms with Crippen molar-refractivity contribution in [2.75, 3.05) is 11.5 Å². The predicted octanol–water partition coefficient (Wildman–Crippen LogP) is 1.67. The van der Waals surface area contributed by atoms with Gasteiger partial charge < -0.3 is 21.7 Å². The minimum atomic E-state index is -0.0615. The Morgan fingerprint density at radius 2 is 1.10 bits per heavy atom. The van der Waals surface area contributed by atoms with Crippen LogP contribution in [0.2, 0.25) is 0 Å². The SMILES string of the molecule is Nc1cccc(C#CC#Cc2cccc(N)c2O)c1O. The summed E-state index contributed by atoms with van der Waals surface area (Å²) in [5, 5.41) is 19.3. The molecule has 0 saturated carbocycles. The number of aromatic hydroxyl groups is 2. The lowest BCUT2D eigenvalue weighted by Crippen LogP contribution is -1.87. The molecule has 0 fully saturated rings. The third-order valence-corrected chi connectivity index (χ3v) is 2.59. The molecule has 0 amide bonds. The Balaban J connectivity index is 2.27. The van der Waals surface area contributed by atoms with Crippen LogP contribution in [0.5, 0.6) is 11.5 Å². The van der Waals surface area contributed by atoms with Crippen molar-refractivity contribution in [1.29, 1.82) is 0 Å². The second-order valence-electron chi connectivity index (χ2n) is 3.99. The van der Waals surface area contributed by atoms with Crippen LogP contribution in [0.15, 0.2) is 36.4 Å². The molecule has 2 aromatic rings. The first-order chi connectivity index (χ1) is 9.59. The lowest BCUT2D eigenvalue weighted by molar-refractivity contribution is 0.476. The fraction of sp³-hybridized carbons (Fsp3) is 0. The van der Waals surface area contributed by atoms with Crippen molar-refractivity contribution < 1.29 is 10.2 Å². The van der Waals surface area contributed by atoms with Crippen molar-refractivity contribution in [2.24, 2.45) is 0 Å². The minimum absolute atomic E-state index is 0.0615. The molecule has 98 valence electrons. The van der Waals surface area contributed by atoms with Crippen molar-refractivity contribution in [2.45, 2.75) is 0 Å². The number of phenols is 2. The van der Waals surface area contributed by atoms with E-state index in [1.54, 1.807) is 36.4 Å². The molecule has 0 heterocycles. The van der Waals surface area contributed by atoms with Crippen LogP contribution in [0.4, 0.5) is 11.4 Å². The maximum atomic E-state index is 9.66. The highest BCUT2D eigenvalue weighted by Crippen LogP contribution is 2.24. The van der Waals surface area contributed by atoms with Gasteiger partial charge in [-0.05, 0) is 47.9 Å². The van der Waals surface area contributed by atoms with E-state index in [0.29, 0.717) is 11.1 Å². The number of anilines is 2. The molecular formula is C16H12N2O2. The van der Waals surface area contributed by atoms with Gasteiger partial charge in [0.05, 0.1) is 22.5 Å². The number of hydrogen-bond donors (Lipinski definition) is 4. The van der Waals surface area contributed by atoms with E-state index in [1.807, 2.05) is 0 Å². The van der Waals surface area contributed by atoms with Crippen LogP contribution in [-0.2, 0) is 0 Å². The first kappa shape index (κ1) is 13.2. The molecule has 0 saturated heterocycles. The van der Waals surface area contributed by atoms with Crippen LogP contribution in [-0.4, -0.2) is 10.2 Å². The zero-order valence-corrected chi connectivity index (χ0v) is 10.5. The van der Waals surface area contributed by atoms with Crippen molar-refractivity contribution in [3.05, 3.63) is 47.5 Å². The van der Waals surface area contributed by atoms with Crippen molar-refractivity contribution >= 4 is 11.4 Å². The van der Waals surface area contributed by atoms with Gasteiger partial charge in [0.25, 0.3) is 0 Å². The number of benzene rings is 2. The standard InChI is InChI=1S/C16H12N2O2/c17-13-9-3-7-11(15(13)19)5-1-2-6-12-8-4-10-14(18)16(12)20/h3-4,7-10,19-20H,17-18H2. The van der Waals surface area contributed by atoms with E-state index in [2.05, 4.69) is 23.7 Å². The summed E-state index contributed by atoms with van der Waals surface area (Å²) in [6.07, 6.45) is 0. The minimum Gasteiger partial charge on any atom is -0.505 e. The van der Waals surface area contributed by atoms with Gasteiger partial charge in [0.2, 0.25) is 0 Å². The van der Waals surface area contributed by atoms with E-state index in [4.69, 9.17) is 11.5 Å². The number of phenolic OH excluding ortho intramolecular Hbond substituents is 2. The van der Waals surface area contributed by atoms with E-state index in [0.717, 1.165) is 0 Å². The summed E-state index contributed by atoms with van der Waals surface area (Å²) in [5.74, 6) is 10.4. The largest absolute Gasteiger partial charge is 0.505 e. The highest BCUT2D eigenvalue weighted by Gasteiger charge is 2.01. The number of rotatable bonds is 0. The predicted molar refractivity (Wildman–Crippen MR) is 78.8 cm³/mol. The molecule has 0 aliphatic heterocycles. The lowest BCUT2D eigenvalue weighted by Gasteiger charge is -1.99. The first-order valence-electron chi connectivity index (χ1n) is 5.76. The number of nitrogens with two attached hydrogens (primary N) is 2. The van der Waals surface area contributed by atoms with Gasteiger partial charge in [0, 0.05) is 0 Å². The summed E-state index contributed by atoms with van der Waals surface area (Å²) in [6.45, 7) is 0. The average Bonchev–Trinajstić information content (AvgIpc) is 2.43. The zero-order valence-electron chi connectivity index (χ0n) is 10.5. The molecule has 0 unspecified atom stereocenters. The van der Waals surface area contributed by atoms with Crippen molar-refractivity contribution in [1.82, 2.24) is 0 Å². The van der Waals surface area contributed by atoms with Gasteiger partial charge >= 0.3 is 0 Å². The molecule has 2 aromatic carbocycles. The number of nitrogen functional groups attached to an aromatic ring is 2. The van der Waals surface area contributed by atoms with Crippen molar-refractivity contribution in [3.8, 4) is 35.2 Å². The third kappa shape index (κ3) is 2.77. The molecule has 0 aromatic heterocycles. The van der Waals surface area contributed by atoms with Gasteiger partial charge in [0.1, 0.15) is 0 Å². The third-order valence-electron chi connectivity index (χ3n) is 2.59. The second-order valence-corrected chi connectivity index (χ2v) is 3.99. The Labute approximate surface area is 116 Å². The van der Waals surface area contributed by atoms with E-state index >= 15 is 0 Å². The van der Waals surface area contributed by atoms with Crippen LogP contribution in [0.3, 0.4) is 0 Å². The molecule has 20 heavy (non-hydrogen) atoms. The summed E-state index contributed by atoms with van der Waals surface area (Å²) in [7, 11) is 0. The average molecular weight is 264 g/mol. The van der Waals surface area contributed by atoms with Crippen LogP contribution < -0.4 is 11.5 Å². The van der Waals surface area contributed by atoms with Gasteiger partial charge in [-0.3, -0.25) is 0 Å². The van der Waals surface area contributed by atoms with Gasteiger partial charge in [-0.1, -0.05) is 12.1 Å². The van der Waals surface area contributed by atoms with Crippen LogP contribution in [0, 0.1) is 23.7 Å². The van der Waals surface area contributed by atoms with E-state index in [1.165, 1.54) is 0 Å². The molecule has 0 atom stereocenters. The Hall–Kier alpha value is -3.24. The molecule has 6 N–H and O–H groups in total. The number of hydrogen-bond acceptors (Lipinski definition) is 4. The fourth-order valence-electron chi connectivity index (χ4n) is 1.52. The molecule has 4 nitrogen and oxygen atoms in total. The van der Waals surface area contributed by atoms with E-state index in [9.17, 15) is 10.2 Å². The second kappa shape index (κ2) is 5.60. The molecule has 0 aliphatic carbocycles. The molecule has 0 radical (unpaired) electrons. The first-order valence-corrected chi connectivity index (χ1v) is 5.76. The van der Waals surface area contributed by atoms with Gasteiger partial charge in [-0.15, -0.1) is 0 Å². The maximum Gasteiger partial charge on any atom is 0.154 e. The normalized spacial score (nSPS) is 9.00. The van der Waals surface area contributed by atoms with Gasteiger partial charge in [-0.25, -0.2) is 0 Å². The summed E-state index contributed by atoms with van der Waals surface area (Å²) in [6, 6.07) is 9.82. The van der Waals surface area contributed by atoms with Crippen LogP contribution >= 0.6 is 0 Å². The molecule has 0 spiro atoms. The summed E-state index contributed by atoms with van der Waals surface area (Å²) in [5.41, 5.74) is 12.4. The lowest BCUT2D eigenvalue weighted by atomic mass is 10.1. The topological polar surface area (TPSA) is 92.5 Å². The molecule has 2 rings (SSSR count). The molecular weight excluding hydrogens is 252 g/mol. The monoisotopic (exact) mass is 264 g/mol. The van der Waals surface area contributed by atoms with Gasteiger partial charge in [0.15, 0.2) is 11.5 Å². The van der Waals surface area contributed by atoms with E-state index < -0.39 is 0 Å². The summed E-state index contributed by atoms with van der Waals surface area (Å²) < 4.78 is 0. The Morgan fingerprint density at radius 3 is 1.50 bits per heavy atom. The Bertz CT molecular complexity index is 707. The van der Waals surface area contributed by atoms with Crippen LogP contribution in [0.1, 0.15) is 11.1 Å².